The predicted octanol–water partition coefficient (Wildman–Crippen LogP) is 20.1. The van der Waals surface area contributed by atoms with E-state index in [1.165, 1.54) is 98.2 Å². The summed E-state index contributed by atoms with van der Waals surface area (Å²) in [5.41, 5.74) is 1.35. The Bertz CT molecular complexity index is 2300. The van der Waals surface area contributed by atoms with Crippen molar-refractivity contribution in [2.75, 3.05) is 87.0 Å². The topological polar surface area (TPSA) is 142 Å². The van der Waals surface area contributed by atoms with Crippen LogP contribution in [0.5, 0.6) is 23.0 Å². The molecular formula is C60H100F12N4O4P6Re2-2. The summed E-state index contributed by atoms with van der Waals surface area (Å²) in [5, 5.41) is 46.4. The van der Waals surface area contributed by atoms with Gasteiger partial charge in [0.2, 0.25) is 0 Å². The van der Waals surface area contributed by atoms with Crippen molar-refractivity contribution < 1.29 is 112 Å². The van der Waals surface area contributed by atoms with E-state index in [-0.39, 0.29) is 95.5 Å². The van der Waals surface area contributed by atoms with Crippen LogP contribution in [0.1, 0.15) is 133 Å². The molecule has 0 aromatic heterocycles. The quantitative estimate of drug-likeness (QED) is 0.0439. The van der Waals surface area contributed by atoms with Crippen LogP contribution in [0.15, 0.2) is 117 Å². The third-order valence-electron chi connectivity index (χ3n) is 12.2. The Hall–Kier alpha value is -2.18. The van der Waals surface area contributed by atoms with Gasteiger partial charge in [0.1, 0.15) is 0 Å². The van der Waals surface area contributed by atoms with Crippen LogP contribution in [0.4, 0.5) is 50.4 Å². The largest absolute Gasteiger partial charge is 0 e. The summed E-state index contributed by atoms with van der Waals surface area (Å²) in [5.74, 6) is -0.197. The second kappa shape index (κ2) is 46.0. The van der Waals surface area contributed by atoms with Crippen LogP contribution in [-0.4, -0.2) is 123 Å². The molecule has 0 spiro atoms. The van der Waals surface area contributed by atoms with Gasteiger partial charge in [0, 0.05) is 65.7 Å². The molecule has 0 saturated heterocycles. The average molecular weight is 1730 g/mol. The molecule has 0 bridgehead atoms. The van der Waals surface area contributed by atoms with E-state index >= 15 is 0 Å². The third-order valence-corrected chi connectivity index (χ3v) is 24.2. The van der Waals surface area contributed by atoms with E-state index < -0.39 is 26.7 Å². The first kappa shape index (κ1) is 96.9. The fourth-order valence-corrected chi connectivity index (χ4v) is 12.7. The Morgan fingerprint density at radius 1 is 0.318 bits per heavy atom. The summed E-state index contributed by atoms with van der Waals surface area (Å²) in [4.78, 5) is 17.4. The van der Waals surface area contributed by atoms with Crippen molar-refractivity contribution >= 4 is 72.2 Å². The molecule has 4 aromatic carbocycles. The van der Waals surface area contributed by atoms with Crippen molar-refractivity contribution in [3.05, 3.63) is 119 Å². The molecule has 0 unspecified atom stereocenters. The summed E-state index contributed by atoms with van der Waals surface area (Å²) in [7, 11) is -20.8. The number of hydrogen-bond acceptors (Lipinski definition) is 8. The molecule has 88 heavy (non-hydrogen) atoms. The SMILES string of the molecule is CC(C)(CN=Cc1ccccc1[O-])N=Cc1ccccc1[O-].CC(C)(CN=Cc1ccccc1[O-])N=Cc1ccccc1[O-].CC[PH+](CC)CC.CC[PH+](CC)CC.CC[PH+](CC)CC.CC[PH+](CC)CC.F[P-](F)(F)(F)(F)F.F[P-](F)(F)(F)(F)F.[Re].[Re]. The minimum absolute atomic E-state index is 0. The zero-order valence-electron chi connectivity index (χ0n) is 54.1. The molecule has 0 aliphatic rings. The fraction of sp³-hybridized carbons (Fsp3) is 0.533. The van der Waals surface area contributed by atoms with Gasteiger partial charge in [0.15, 0.2) is 0 Å². The molecule has 2 radical (unpaired) electrons. The Morgan fingerprint density at radius 2 is 0.466 bits per heavy atom. The molecule has 0 heterocycles. The monoisotopic (exact) mass is 1730 g/mol. The number of para-hydroxylation sites is 4. The molecule has 4 rings (SSSR count). The van der Waals surface area contributed by atoms with Gasteiger partial charge in [0.05, 0.1) is 98.1 Å². The molecular weight excluding hydrogens is 1630 g/mol. The van der Waals surface area contributed by atoms with Gasteiger partial charge in [-0.05, 0) is 165 Å². The molecule has 0 amide bonds. The molecule has 28 heteroatoms. The maximum absolute atomic E-state index is 11.6. The molecule has 514 valence electrons. The fourth-order valence-electron chi connectivity index (χ4n) is 6.65. The van der Waals surface area contributed by atoms with Crippen LogP contribution in [-0.2, 0) is 40.8 Å². The van der Waals surface area contributed by atoms with Gasteiger partial charge in [0.25, 0.3) is 0 Å². The molecule has 0 fully saturated rings. The van der Waals surface area contributed by atoms with E-state index in [1.54, 1.807) is 97.7 Å². The smallest absolute Gasteiger partial charge is 0 e. The number of aliphatic imine (C=N–C) groups is 4. The molecule has 0 N–H and O–H groups in total. The second-order valence-electron chi connectivity index (χ2n) is 20.4. The first-order valence-electron chi connectivity index (χ1n) is 28.9. The van der Waals surface area contributed by atoms with Gasteiger partial charge in [-0.25, -0.2) is 0 Å². The van der Waals surface area contributed by atoms with Crippen molar-refractivity contribution in [3.8, 4) is 23.0 Å². The average Bonchev–Trinajstić information content (AvgIpc) is 3.42. The van der Waals surface area contributed by atoms with Crippen molar-refractivity contribution in [1.29, 1.82) is 0 Å². The van der Waals surface area contributed by atoms with E-state index in [9.17, 15) is 70.8 Å². The minimum Gasteiger partial charge on any atom is 0 e. The van der Waals surface area contributed by atoms with Gasteiger partial charge in [-0.1, -0.05) is 97.1 Å². The summed E-state index contributed by atoms with van der Waals surface area (Å²) < 4.78 is 118. The van der Waals surface area contributed by atoms with Crippen molar-refractivity contribution in [3.63, 3.8) is 0 Å². The molecule has 4 aromatic rings. The predicted molar refractivity (Wildman–Crippen MR) is 359 cm³/mol. The number of halogens is 12. The maximum Gasteiger partial charge on any atom is 0 e. The van der Waals surface area contributed by atoms with Gasteiger partial charge in [-0.15, -0.1) is 23.0 Å². The number of rotatable bonds is 22. The number of nitrogens with zero attached hydrogens (tertiary/aromatic N) is 4. The second-order valence-corrected chi connectivity index (χ2v) is 38.7. The minimum atomic E-state index is -10.7. The van der Waals surface area contributed by atoms with Crippen molar-refractivity contribution in [2.24, 2.45) is 20.0 Å². The summed E-state index contributed by atoms with van der Waals surface area (Å²) >= 11 is 0. The van der Waals surface area contributed by atoms with Gasteiger partial charge >= 0.3 is 66.0 Å². The van der Waals surface area contributed by atoms with Crippen LogP contribution in [0.25, 0.3) is 0 Å². The van der Waals surface area contributed by atoms with Gasteiger partial charge in [-0.2, -0.15) is 0 Å². The normalized spacial score (nSPS) is 13.1. The van der Waals surface area contributed by atoms with Crippen molar-refractivity contribution in [1.82, 2.24) is 0 Å². The number of benzene rings is 4. The Morgan fingerprint density at radius 3 is 0.602 bits per heavy atom. The van der Waals surface area contributed by atoms with E-state index in [1.807, 2.05) is 27.7 Å². The van der Waals surface area contributed by atoms with Gasteiger partial charge in [-0.3, -0.25) is 20.0 Å². The van der Waals surface area contributed by atoms with E-state index in [0.717, 1.165) is 0 Å². The van der Waals surface area contributed by atoms with E-state index in [2.05, 4.69) is 103 Å². The number of hydrogen-bond donors (Lipinski definition) is 0. The summed E-state index contributed by atoms with van der Waals surface area (Å²) in [6.45, 7) is 36.3. The standard InChI is InChI=1S/2C18H20N2O2.4C6H15P.2F6P.2Re/c2*1-18(2,20-12-15-8-4-6-10-17(15)22)13-19-11-14-7-3-5-9-16(14)21;4*1-4-7(5-2)6-3;2*1-7(2,3,4,5)6;;/h2*3-12,21-22H,13H2,1-2H3;4*4-6H2,1-3H3;;;;/q;;;;;;2*-1;;. The first-order chi connectivity index (χ1) is 39.2. The van der Waals surface area contributed by atoms with Crippen LogP contribution in [0, 0.1) is 0 Å². The van der Waals surface area contributed by atoms with Crippen molar-refractivity contribution in [2.45, 2.75) is 122 Å². The Balaban J connectivity index is -0.000000234. The van der Waals surface area contributed by atoms with Crippen LogP contribution in [0.3, 0.4) is 0 Å². The van der Waals surface area contributed by atoms with E-state index in [0.29, 0.717) is 35.3 Å². The van der Waals surface area contributed by atoms with Crippen LogP contribution in [0.2, 0.25) is 0 Å². The Kier molecular flexibility index (Phi) is 50.7. The molecule has 0 aliphatic heterocycles. The molecule has 8 nitrogen and oxygen atoms in total. The zero-order chi connectivity index (χ0) is 67.6. The zero-order valence-corrected chi connectivity index (χ0v) is 65.3. The van der Waals surface area contributed by atoms with Crippen LogP contribution < -0.4 is 20.4 Å². The first-order valence-corrected chi connectivity index (χ1v) is 41.4. The summed E-state index contributed by atoms with van der Waals surface area (Å²) in [6, 6.07) is 27.0. The summed E-state index contributed by atoms with van der Waals surface area (Å²) in [6.07, 6.45) is 23.8. The van der Waals surface area contributed by atoms with Crippen LogP contribution >= 0.6 is 47.3 Å². The molecule has 0 aliphatic carbocycles. The van der Waals surface area contributed by atoms with Gasteiger partial charge < -0.3 is 20.4 Å². The molecule has 0 saturated carbocycles. The third kappa shape index (κ3) is 68.2. The van der Waals surface area contributed by atoms with E-state index in [4.69, 9.17) is 0 Å². The molecule has 0 atom stereocenters. The Labute approximate surface area is 551 Å². The maximum atomic E-state index is 11.6.